The molecule has 0 aliphatic heterocycles. The second-order valence-electron chi connectivity index (χ2n) is 4.30. The second-order valence-corrected chi connectivity index (χ2v) is 6.07. The molecule has 2 aromatic carbocycles. The van der Waals surface area contributed by atoms with Crippen LogP contribution in [0.5, 0.6) is 0 Å². The molecule has 0 saturated heterocycles. The monoisotopic (exact) mass is 368 g/mol. The van der Waals surface area contributed by atoms with E-state index in [-0.39, 0.29) is 0 Å². The van der Waals surface area contributed by atoms with Gasteiger partial charge < -0.3 is 5.11 Å². The molecule has 2 rings (SSSR count). The van der Waals surface area contributed by atoms with Gasteiger partial charge in [0.1, 0.15) is 0 Å². The maximum Gasteiger partial charge on any atom is 0.0833 e. The summed E-state index contributed by atoms with van der Waals surface area (Å²) in [5, 5.41) is 10.3. The molecule has 94 valence electrons. The lowest BCUT2D eigenvalue weighted by molar-refractivity contribution is 0.177. The van der Waals surface area contributed by atoms with E-state index in [0.29, 0.717) is 6.42 Å². The van der Waals surface area contributed by atoms with Crippen LogP contribution in [0.15, 0.2) is 51.4 Å². The van der Waals surface area contributed by atoms with Gasteiger partial charge in [-0.1, -0.05) is 56.1 Å². The standard InChI is InChI=1S/C15H14Br2O/c1-10-13(3-2-4-14(10)17)15(18)9-11-5-7-12(16)8-6-11/h2-8,15,18H,9H2,1H3. The predicted octanol–water partition coefficient (Wildman–Crippen LogP) is 4.80. The Morgan fingerprint density at radius 1 is 1.06 bits per heavy atom. The first-order chi connectivity index (χ1) is 8.58. The first kappa shape index (κ1) is 13.8. The molecule has 1 N–H and O–H groups in total. The number of rotatable bonds is 3. The zero-order chi connectivity index (χ0) is 13.1. The van der Waals surface area contributed by atoms with Crippen LogP contribution in [0.1, 0.15) is 22.8 Å². The third kappa shape index (κ3) is 3.22. The lowest BCUT2D eigenvalue weighted by Gasteiger charge is -2.15. The first-order valence-electron chi connectivity index (χ1n) is 5.75. The van der Waals surface area contributed by atoms with Gasteiger partial charge in [0.15, 0.2) is 0 Å². The fourth-order valence-electron chi connectivity index (χ4n) is 1.94. The Hall–Kier alpha value is -0.640. The Morgan fingerprint density at radius 3 is 2.39 bits per heavy atom. The van der Waals surface area contributed by atoms with Gasteiger partial charge in [0.2, 0.25) is 0 Å². The maximum atomic E-state index is 10.3. The van der Waals surface area contributed by atoms with E-state index in [1.54, 1.807) is 0 Å². The number of hydrogen-bond acceptors (Lipinski definition) is 1. The predicted molar refractivity (Wildman–Crippen MR) is 81.7 cm³/mol. The van der Waals surface area contributed by atoms with Gasteiger partial charge in [-0.2, -0.15) is 0 Å². The van der Waals surface area contributed by atoms with Crippen molar-refractivity contribution in [2.24, 2.45) is 0 Å². The summed E-state index contributed by atoms with van der Waals surface area (Å²) in [6.45, 7) is 2.02. The normalized spacial score (nSPS) is 12.4. The fourth-order valence-corrected chi connectivity index (χ4v) is 2.58. The van der Waals surface area contributed by atoms with Gasteiger partial charge in [0.25, 0.3) is 0 Å². The number of aliphatic hydroxyl groups is 1. The molecule has 3 heteroatoms. The van der Waals surface area contributed by atoms with Crippen molar-refractivity contribution in [1.82, 2.24) is 0 Å². The lowest BCUT2D eigenvalue weighted by atomic mass is 9.98. The van der Waals surface area contributed by atoms with Crippen LogP contribution in [0.4, 0.5) is 0 Å². The maximum absolute atomic E-state index is 10.3. The summed E-state index contributed by atoms with van der Waals surface area (Å²) in [5.74, 6) is 0. The average molecular weight is 370 g/mol. The van der Waals surface area contributed by atoms with Crippen molar-refractivity contribution in [2.45, 2.75) is 19.4 Å². The minimum Gasteiger partial charge on any atom is -0.388 e. The van der Waals surface area contributed by atoms with E-state index in [4.69, 9.17) is 0 Å². The summed E-state index contributed by atoms with van der Waals surface area (Å²) in [7, 11) is 0. The van der Waals surface area contributed by atoms with Gasteiger partial charge in [0.05, 0.1) is 6.10 Å². The molecular formula is C15H14Br2O. The molecule has 0 spiro atoms. The molecule has 2 aromatic rings. The van der Waals surface area contributed by atoms with E-state index >= 15 is 0 Å². The number of halogens is 2. The van der Waals surface area contributed by atoms with Crippen molar-refractivity contribution in [2.75, 3.05) is 0 Å². The molecule has 1 unspecified atom stereocenters. The summed E-state index contributed by atoms with van der Waals surface area (Å²) in [6.07, 6.45) is 0.161. The van der Waals surface area contributed by atoms with Crippen LogP contribution in [0.3, 0.4) is 0 Å². The van der Waals surface area contributed by atoms with Gasteiger partial charge in [-0.3, -0.25) is 0 Å². The Morgan fingerprint density at radius 2 is 1.72 bits per heavy atom. The van der Waals surface area contributed by atoms with Gasteiger partial charge in [-0.05, 0) is 41.8 Å². The van der Waals surface area contributed by atoms with E-state index in [9.17, 15) is 5.11 Å². The van der Waals surface area contributed by atoms with Crippen LogP contribution in [0, 0.1) is 6.92 Å². The van der Waals surface area contributed by atoms with Gasteiger partial charge in [-0.15, -0.1) is 0 Å². The summed E-state index contributed by atoms with van der Waals surface area (Å²) >= 11 is 6.90. The highest BCUT2D eigenvalue weighted by Crippen LogP contribution is 2.27. The highest BCUT2D eigenvalue weighted by molar-refractivity contribution is 9.10. The second kappa shape index (κ2) is 6.00. The smallest absolute Gasteiger partial charge is 0.0833 e. The third-order valence-electron chi connectivity index (χ3n) is 3.01. The molecule has 0 aromatic heterocycles. The number of benzene rings is 2. The Balaban J connectivity index is 2.19. The molecule has 1 atom stereocenters. The van der Waals surface area contributed by atoms with E-state index in [0.717, 1.165) is 25.6 Å². The van der Waals surface area contributed by atoms with Crippen LogP contribution < -0.4 is 0 Å². The molecule has 18 heavy (non-hydrogen) atoms. The van der Waals surface area contributed by atoms with E-state index in [1.165, 1.54) is 0 Å². The molecule has 0 fully saturated rings. The van der Waals surface area contributed by atoms with E-state index < -0.39 is 6.10 Å². The quantitative estimate of drug-likeness (QED) is 0.824. The molecule has 1 nitrogen and oxygen atoms in total. The van der Waals surface area contributed by atoms with Crippen LogP contribution in [0.2, 0.25) is 0 Å². The molecule has 0 aliphatic carbocycles. The minimum atomic E-state index is -0.469. The van der Waals surface area contributed by atoms with Crippen molar-refractivity contribution in [3.63, 3.8) is 0 Å². The Labute approximate surface area is 124 Å². The number of hydrogen-bond donors (Lipinski definition) is 1. The van der Waals surface area contributed by atoms with Crippen LogP contribution in [-0.4, -0.2) is 5.11 Å². The third-order valence-corrected chi connectivity index (χ3v) is 4.40. The molecule has 0 saturated carbocycles. The van der Waals surface area contributed by atoms with Crippen LogP contribution in [0.25, 0.3) is 0 Å². The van der Waals surface area contributed by atoms with Crippen LogP contribution >= 0.6 is 31.9 Å². The molecule has 0 aliphatic rings. The molecule has 0 amide bonds. The summed E-state index contributed by atoms with van der Waals surface area (Å²) in [6, 6.07) is 14.0. The molecule has 0 radical (unpaired) electrons. The highest BCUT2D eigenvalue weighted by atomic mass is 79.9. The van der Waals surface area contributed by atoms with Gasteiger partial charge >= 0.3 is 0 Å². The van der Waals surface area contributed by atoms with Crippen molar-refractivity contribution in [3.8, 4) is 0 Å². The topological polar surface area (TPSA) is 20.2 Å². The molecule has 0 heterocycles. The van der Waals surface area contributed by atoms with Crippen molar-refractivity contribution in [3.05, 3.63) is 68.1 Å². The summed E-state index contributed by atoms with van der Waals surface area (Å²) in [4.78, 5) is 0. The molecule has 0 bridgehead atoms. The van der Waals surface area contributed by atoms with Crippen molar-refractivity contribution >= 4 is 31.9 Å². The zero-order valence-corrected chi connectivity index (χ0v) is 13.2. The largest absolute Gasteiger partial charge is 0.388 e. The summed E-state index contributed by atoms with van der Waals surface area (Å²) in [5.41, 5.74) is 3.21. The lowest BCUT2D eigenvalue weighted by Crippen LogP contribution is -2.04. The molecular weight excluding hydrogens is 356 g/mol. The van der Waals surface area contributed by atoms with Gasteiger partial charge in [-0.25, -0.2) is 0 Å². The zero-order valence-electron chi connectivity index (χ0n) is 10.0. The fraction of sp³-hybridized carbons (Fsp3) is 0.200. The highest BCUT2D eigenvalue weighted by Gasteiger charge is 2.12. The average Bonchev–Trinajstić information content (AvgIpc) is 2.35. The first-order valence-corrected chi connectivity index (χ1v) is 7.34. The Kier molecular flexibility index (Phi) is 4.60. The number of aliphatic hydroxyl groups excluding tert-OH is 1. The summed E-state index contributed by atoms with van der Waals surface area (Å²) < 4.78 is 2.09. The van der Waals surface area contributed by atoms with Crippen molar-refractivity contribution < 1.29 is 5.11 Å². The SMILES string of the molecule is Cc1c(Br)cccc1C(O)Cc1ccc(Br)cc1. The van der Waals surface area contributed by atoms with Crippen LogP contribution in [-0.2, 0) is 6.42 Å². The Bertz CT molecular complexity index is 535. The van der Waals surface area contributed by atoms with Gasteiger partial charge in [0, 0.05) is 15.4 Å². The minimum absolute atomic E-state index is 0.469. The van der Waals surface area contributed by atoms with E-state index in [1.807, 2.05) is 49.4 Å². The van der Waals surface area contributed by atoms with Crippen molar-refractivity contribution in [1.29, 1.82) is 0 Å². The van der Waals surface area contributed by atoms with E-state index in [2.05, 4.69) is 31.9 Å².